The van der Waals surface area contributed by atoms with E-state index < -0.39 is 30.5 Å². The highest BCUT2D eigenvalue weighted by atomic mass is 19.1. The predicted octanol–water partition coefficient (Wildman–Crippen LogP) is 4.47. The van der Waals surface area contributed by atoms with Crippen LogP contribution < -0.4 is 15.8 Å². The lowest BCUT2D eigenvalue weighted by atomic mass is 9.86. The number of amides is 2. The third-order valence-corrected chi connectivity index (χ3v) is 4.63. The summed E-state index contributed by atoms with van der Waals surface area (Å²) in [6.45, 7) is 3.44. The van der Waals surface area contributed by atoms with Crippen molar-refractivity contribution >= 4 is 11.8 Å². The number of alkyl halides is 1. The number of rotatable bonds is 5. The number of ether oxygens (including phenoxy) is 1. The van der Waals surface area contributed by atoms with E-state index in [1.807, 2.05) is 37.3 Å². The van der Waals surface area contributed by atoms with Crippen molar-refractivity contribution in [2.45, 2.75) is 32.3 Å². The second kappa shape index (κ2) is 10.4. The van der Waals surface area contributed by atoms with Crippen LogP contribution in [0.2, 0.25) is 0 Å². The molecular formula is C23H31FN2O3. The monoisotopic (exact) mass is 402 g/mol. The molecule has 0 spiro atoms. The number of nitrogens with one attached hydrogen (secondary N) is 1. The number of benzene rings is 2. The normalized spacial score (nSPS) is 17.1. The first-order valence-electron chi connectivity index (χ1n) is 9.56. The number of nitrogens with two attached hydrogens (primary N) is 1. The Morgan fingerprint density at radius 3 is 2.45 bits per heavy atom. The fourth-order valence-corrected chi connectivity index (χ4v) is 3.29. The van der Waals surface area contributed by atoms with Gasteiger partial charge in [-0.25, -0.2) is 4.39 Å². The van der Waals surface area contributed by atoms with Gasteiger partial charge in [-0.3, -0.25) is 9.59 Å². The maximum Gasteiger partial charge on any atom is 0.254 e. The van der Waals surface area contributed by atoms with E-state index in [1.54, 1.807) is 6.07 Å². The van der Waals surface area contributed by atoms with E-state index in [1.165, 1.54) is 13.1 Å². The molecule has 1 aliphatic heterocycles. The van der Waals surface area contributed by atoms with E-state index in [9.17, 15) is 14.0 Å². The minimum atomic E-state index is -0.756. The molecule has 0 unspecified atom stereocenters. The van der Waals surface area contributed by atoms with Crippen LogP contribution in [-0.2, 0) is 0 Å². The molecule has 6 heteroatoms. The van der Waals surface area contributed by atoms with Gasteiger partial charge in [0.15, 0.2) is 0 Å². The van der Waals surface area contributed by atoms with Gasteiger partial charge < -0.3 is 15.8 Å². The van der Waals surface area contributed by atoms with Gasteiger partial charge in [0.1, 0.15) is 18.5 Å². The molecule has 3 N–H and O–H groups in total. The summed E-state index contributed by atoms with van der Waals surface area (Å²) in [7, 11) is 1.47. The van der Waals surface area contributed by atoms with Crippen LogP contribution in [-0.4, -0.2) is 31.6 Å². The molecular weight excluding hydrogens is 371 g/mol. The molecule has 2 atom stereocenters. The highest BCUT2D eigenvalue weighted by Gasteiger charge is 2.38. The Hall–Kier alpha value is -3.15. The van der Waals surface area contributed by atoms with Crippen molar-refractivity contribution in [1.82, 2.24) is 5.32 Å². The lowest BCUT2D eigenvalue weighted by Crippen LogP contribution is -2.22. The highest BCUT2D eigenvalue weighted by Crippen LogP contribution is 2.45. The second-order valence-electron chi connectivity index (χ2n) is 6.56. The number of halogens is 1. The minimum absolute atomic E-state index is 0. The molecule has 1 aliphatic rings. The van der Waals surface area contributed by atoms with Gasteiger partial charge in [0.2, 0.25) is 5.91 Å². The van der Waals surface area contributed by atoms with Crippen LogP contribution in [0.4, 0.5) is 4.39 Å². The quantitative estimate of drug-likeness (QED) is 0.724. The van der Waals surface area contributed by atoms with E-state index in [0.29, 0.717) is 11.3 Å². The summed E-state index contributed by atoms with van der Waals surface area (Å²) in [5, 5.41) is 2.50. The number of primary amides is 1. The molecule has 0 aliphatic carbocycles. The van der Waals surface area contributed by atoms with Gasteiger partial charge in [-0.1, -0.05) is 49.4 Å². The molecule has 2 aromatic rings. The Morgan fingerprint density at radius 2 is 1.97 bits per heavy atom. The third-order valence-electron chi connectivity index (χ3n) is 4.63. The highest BCUT2D eigenvalue weighted by molar-refractivity contribution is 6.02. The standard InChI is InChI=1S/C18H17FN2O3.C5H10.2H2/c1-21-18(23)13-8-11(17(20)22)7-12-15(10-5-3-2-4-6-10)14(9-19)24-16(12)13;1-3-5-4-2;;/h2-8,14-15H,9H2,1H3,(H2,20,22)(H,21,23);3,5H,4H2,1-2H3;2*1H/t14-,15+;;;/m1.../s1. The predicted molar refractivity (Wildman–Crippen MR) is 116 cm³/mol. The first-order valence-corrected chi connectivity index (χ1v) is 9.56. The Bertz CT molecular complexity index is 892. The van der Waals surface area contributed by atoms with Crippen LogP contribution in [0.5, 0.6) is 5.75 Å². The van der Waals surface area contributed by atoms with Crippen molar-refractivity contribution in [3.63, 3.8) is 0 Å². The lowest BCUT2D eigenvalue weighted by molar-refractivity contribution is 0.0955. The van der Waals surface area contributed by atoms with Gasteiger partial charge in [-0.15, -0.1) is 0 Å². The summed E-state index contributed by atoms with van der Waals surface area (Å²) < 4.78 is 19.3. The number of carbonyl (C=O) groups is 2. The molecule has 0 saturated heterocycles. The molecule has 0 aromatic heterocycles. The first kappa shape index (κ1) is 22.1. The average molecular weight is 403 g/mol. The Balaban J connectivity index is 0.00000116. The topological polar surface area (TPSA) is 81.4 Å². The third kappa shape index (κ3) is 5.02. The zero-order chi connectivity index (χ0) is 21.4. The molecule has 0 fully saturated rings. The summed E-state index contributed by atoms with van der Waals surface area (Å²) in [5.41, 5.74) is 7.20. The molecule has 2 amide bonds. The number of carbonyl (C=O) groups excluding carboxylic acids is 2. The van der Waals surface area contributed by atoms with Crippen LogP contribution in [0.1, 0.15) is 60.9 Å². The largest absolute Gasteiger partial charge is 0.486 e. The summed E-state index contributed by atoms with van der Waals surface area (Å²) >= 11 is 0. The second-order valence-corrected chi connectivity index (χ2v) is 6.56. The van der Waals surface area contributed by atoms with Crippen LogP contribution in [0.25, 0.3) is 0 Å². The number of hydrogen-bond acceptors (Lipinski definition) is 3. The number of hydrogen-bond donors (Lipinski definition) is 2. The molecule has 3 rings (SSSR count). The van der Waals surface area contributed by atoms with E-state index >= 15 is 0 Å². The molecule has 0 saturated carbocycles. The van der Waals surface area contributed by atoms with Gasteiger partial charge in [0, 0.05) is 21.0 Å². The molecule has 5 nitrogen and oxygen atoms in total. The minimum Gasteiger partial charge on any atom is -0.486 e. The van der Waals surface area contributed by atoms with Crippen molar-refractivity contribution in [1.29, 1.82) is 0 Å². The maximum absolute atomic E-state index is 13.6. The molecule has 158 valence electrons. The summed E-state index contributed by atoms with van der Waals surface area (Å²) in [6.07, 6.45) is 4.59. The smallest absolute Gasteiger partial charge is 0.254 e. The Labute approximate surface area is 173 Å². The zero-order valence-electron chi connectivity index (χ0n) is 16.9. The summed E-state index contributed by atoms with van der Waals surface area (Å²) in [6, 6.07) is 12.2. The number of allylic oxidation sites excluding steroid dienone is 2. The van der Waals surface area contributed by atoms with Gasteiger partial charge in [0.25, 0.3) is 5.91 Å². The van der Waals surface area contributed by atoms with E-state index in [-0.39, 0.29) is 14.0 Å². The molecule has 29 heavy (non-hydrogen) atoms. The molecule has 0 bridgehead atoms. The number of fused-ring (bicyclic) bond motifs is 1. The molecule has 2 aromatic carbocycles. The van der Waals surface area contributed by atoms with Gasteiger partial charge in [0.05, 0.1) is 11.5 Å². The van der Waals surface area contributed by atoms with Crippen LogP contribution in [0.3, 0.4) is 0 Å². The van der Waals surface area contributed by atoms with E-state index in [2.05, 4.69) is 24.4 Å². The summed E-state index contributed by atoms with van der Waals surface area (Å²) in [4.78, 5) is 23.8. The fraction of sp³-hybridized carbons (Fsp3) is 0.304. The Morgan fingerprint density at radius 1 is 1.28 bits per heavy atom. The lowest BCUT2D eigenvalue weighted by Gasteiger charge is -2.16. The summed E-state index contributed by atoms with van der Waals surface area (Å²) in [5.74, 6) is -1.18. The van der Waals surface area contributed by atoms with Gasteiger partial charge >= 0.3 is 0 Å². The van der Waals surface area contributed by atoms with Crippen LogP contribution in [0.15, 0.2) is 54.6 Å². The van der Waals surface area contributed by atoms with Gasteiger partial charge in [-0.05, 0) is 31.0 Å². The van der Waals surface area contributed by atoms with Crippen molar-refractivity contribution < 1.29 is 21.6 Å². The van der Waals surface area contributed by atoms with Crippen molar-refractivity contribution in [2.24, 2.45) is 5.73 Å². The molecule has 0 radical (unpaired) electrons. The zero-order valence-corrected chi connectivity index (χ0v) is 16.9. The Kier molecular flexibility index (Phi) is 7.95. The average Bonchev–Trinajstić information content (AvgIpc) is 3.12. The SMILES string of the molecule is CC=CCC.CNC(=O)c1cc(C(N)=O)cc2c1O[C@H](CF)[C@H]2c1ccccc1.[HH].[HH]. The van der Waals surface area contributed by atoms with Crippen molar-refractivity contribution in [3.8, 4) is 5.75 Å². The van der Waals surface area contributed by atoms with Crippen LogP contribution >= 0.6 is 0 Å². The van der Waals surface area contributed by atoms with Crippen LogP contribution in [0, 0.1) is 0 Å². The van der Waals surface area contributed by atoms with E-state index in [0.717, 1.165) is 12.0 Å². The fourth-order valence-electron chi connectivity index (χ4n) is 3.29. The molecule has 1 heterocycles. The van der Waals surface area contributed by atoms with Gasteiger partial charge in [-0.2, -0.15) is 0 Å². The first-order chi connectivity index (χ1) is 14.0. The van der Waals surface area contributed by atoms with Crippen molar-refractivity contribution in [2.75, 3.05) is 13.7 Å². The maximum atomic E-state index is 13.6. The van der Waals surface area contributed by atoms with E-state index in [4.69, 9.17) is 10.5 Å². The van der Waals surface area contributed by atoms with Crippen molar-refractivity contribution in [3.05, 3.63) is 76.9 Å².